The molecule has 0 aromatic rings. The zero-order chi connectivity index (χ0) is 23.4. The maximum atomic E-state index is 11.8. The van der Waals surface area contributed by atoms with Crippen molar-refractivity contribution in [2.24, 2.45) is 41.4 Å². The minimum Gasteiger partial charge on any atom is -0.490 e. The van der Waals surface area contributed by atoms with Crippen LogP contribution in [-0.4, -0.2) is 18.2 Å². The summed E-state index contributed by atoms with van der Waals surface area (Å²) in [5.74, 6) is 4.67. The van der Waals surface area contributed by atoms with E-state index < -0.39 is 0 Å². The number of hydrogen-bond acceptors (Lipinski definition) is 3. The highest BCUT2D eigenvalue weighted by molar-refractivity contribution is 5.79. The van der Waals surface area contributed by atoms with Crippen molar-refractivity contribution in [3.8, 4) is 0 Å². The first kappa shape index (κ1) is 28.7. The first-order valence-corrected chi connectivity index (χ1v) is 12.0. The first-order valence-electron chi connectivity index (χ1n) is 12.0. The zero-order valence-corrected chi connectivity index (χ0v) is 21.2. The Morgan fingerprint density at radius 1 is 1.03 bits per heavy atom. The van der Waals surface area contributed by atoms with Crippen LogP contribution in [0.5, 0.6) is 0 Å². The summed E-state index contributed by atoms with van der Waals surface area (Å²) >= 11 is 0. The van der Waals surface area contributed by atoms with E-state index >= 15 is 0 Å². The summed E-state index contributed by atoms with van der Waals surface area (Å²) in [7, 11) is 0. The van der Waals surface area contributed by atoms with Gasteiger partial charge in [0.05, 0.1) is 6.61 Å². The molecule has 0 amide bonds. The summed E-state index contributed by atoms with van der Waals surface area (Å²) in [6, 6.07) is 0. The van der Waals surface area contributed by atoms with Crippen molar-refractivity contribution in [3.05, 3.63) is 18.1 Å². The molecule has 3 heteroatoms. The predicted molar refractivity (Wildman–Crippen MR) is 127 cm³/mol. The van der Waals surface area contributed by atoms with E-state index in [1.807, 2.05) is 0 Å². The highest BCUT2D eigenvalue weighted by atomic mass is 16.5. The Morgan fingerprint density at radius 2 is 1.63 bits per heavy atom. The molecule has 3 nitrogen and oxygen atoms in total. The molecule has 0 radical (unpaired) electrons. The van der Waals surface area contributed by atoms with E-state index in [0.29, 0.717) is 30.1 Å². The maximum absolute atomic E-state index is 11.8. The van der Waals surface area contributed by atoms with Crippen molar-refractivity contribution < 1.29 is 14.3 Å². The number of ketones is 2. The van der Waals surface area contributed by atoms with E-state index in [1.54, 1.807) is 13.8 Å². The lowest BCUT2D eigenvalue weighted by Crippen LogP contribution is -2.27. The molecule has 1 aliphatic rings. The molecule has 0 heterocycles. The molecular formula is C27H48O3. The lowest BCUT2D eigenvalue weighted by atomic mass is 9.78. The topological polar surface area (TPSA) is 43.4 Å². The first-order chi connectivity index (χ1) is 13.9. The average Bonchev–Trinajstić information content (AvgIpc) is 3.16. The van der Waals surface area contributed by atoms with Crippen molar-refractivity contribution in [2.45, 2.75) is 94.4 Å². The fourth-order valence-electron chi connectivity index (χ4n) is 4.48. The van der Waals surface area contributed by atoms with Gasteiger partial charge in [0.15, 0.2) is 0 Å². The van der Waals surface area contributed by atoms with Crippen LogP contribution in [-0.2, 0) is 14.3 Å². The molecule has 0 N–H and O–H groups in total. The molecule has 30 heavy (non-hydrogen) atoms. The Kier molecular flexibility index (Phi) is 14.0. The van der Waals surface area contributed by atoms with Gasteiger partial charge in [-0.1, -0.05) is 67.2 Å². The van der Waals surface area contributed by atoms with Crippen molar-refractivity contribution >= 4 is 11.6 Å². The van der Waals surface area contributed by atoms with Crippen LogP contribution in [0.25, 0.3) is 0 Å². The minimum absolute atomic E-state index is 0.0935. The van der Waals surface area contributed by atoms with E-state index in [1.165, 1.54) is 6.42 Å². The molecule has 1 rings (SSSR count). The van der Waals surface area contributed by atoms with E-state index in [4.69, 9.17) is 4.74 Å². The van der Waals surface area contributed by atoms with Gasteiger partial charge in [-0.15, -0.1) is 0 Å². The summed E-state index contributed by atoms with van der Waals surface area (Å²) in [6.07, 6.45) is 5.31. The Labute approximate surface area is 186 Å². The second kappa shape index (κ2) is 14.6. The molecule has 0 spiro atoms. The molecular weight excluding hydrogens is 372 g/mol. The molecule has 0 aliphatic heterocycles. The van der Waals surface area contributed by atoms with Crippen molar-refractivity contribution in [2.75, 3.05) is 6.61 Å². The molecule has 5 atom stereocenters. The third-order valence-corrected chi connectivity index (χ3v) is 6.63. The minimum atomic E-state index is 0.0935. The number of allylic oxidation sites excluding steroid dienone is 1. The number of carbonyl (C=O) groups excluding carboxylic acids is 2. The molecule has 0 aromatic carbocycles. The van der Waals surface area contributed by atoms with Crippen LogP contribution in [0.15, 0.2) is 18.1 Å². The normalized spacial score (nSPS) is 21.3. The van der Waals surface area contributed by atoms with Crippen molar-refractivity contribution in [1.29, 1.82) is 0 Å². The highest BCUT2D eigenvalue weighted by Crippen LogP contribution is 2.35. The van der Waals surface area contributed by atoms with E-state index in [2.05, 4.69) is 60.8 Å². The van der Waals surface area contributed by atoms with Crippen LogP contribution in [0.4, 0.5) is 0 Å². The highest BCUT2D eigenvalue weighted by Gasteiger charge is 2.29. The molecule has 0 bridgehead atoms. The Balaban J connectivity index is 0.000000642. The molecule has 0 aromatic heterocycles. The molecule has 1 fully saturated rings. The van der Waals surface area contributed by atoms with Crippen molar-refractivity contribution in [1.82, 2.24) is 0 Å². The second-order valence-corrected chi connectivity index (χ2v) is 10.1. The van der Waals surface area contributed by atoms with Crippen LogP contribution >= 0.6 is 0 Å². The monoisotopic (exact) mass is 420 g/mol. The summed E-state index contributed by atoms with van der Waals surface area (Å²) in [4.78, 5) is 22.8. The smallest absolute Gasteiger partial charge is 0.138 e. The van der Waals surface area contributed by atoms with Crippen LogP contribution in [0.3, 0.4) is 0 Å². The lowest BCUT2D eigenvalue weighted by molar-refractivity contribution is -0.124. The van der Waals surface area contributed by atoms with Gasteiger partial charge in [-0.2, -0.15) is 0 Å². The molecule has 1 aliphatic carbocycles. The van der Waals surface area contributed by atoms with Gasteiger partial charge in [0, 0.05) is 18.3 Å². The number of hydrogen-bond donors (Lipinski definition) is 0. The van der Waals surface area contributed by atoms with Gasteiger partial charge in [0.25, 0.3) is 0 Å². The van der Waals surface area contributed by atoms with Crippen LogP contribution in [0, 0.1) is 41.4 Å². The van der Waals surface area contributed by atoms with Gasteiger partial charge < -0.3 is 4.74 Å². The van der Waals surface area contributed by atoms with Crippen LogP contribution < -0.4 is 0 Å². The summed E-state index contributed by atoms with van der Waals surface area (Å²) in [5, 5.41) is 0. The number of rotatable bonds is 11. The van der Waals surface area contributed by atoms with E-state index in [-0.39, 0.29) is 17.6 Å². The average molecular weight is 421 g/mol. The quantitative estimate of drug-likeness (QED) is 0.261. The number of ether oxygens (including phenoxy) is 1. The maximum Gasteiger partial charge on any atom is 0.138 e. The van der Waals surface area contributed by atoms with E-state index in [9.17, 15) is 9.59 Å². The molecule has 2 unspecified atom stereocenters. The van der Waals surface area contributed by atoms with Gasteiger partial charge in [-0.3, -0.25) is 9.59 Å². The molecule has 0 saturated heterocycles. The third-order valence-electron chi connectivity index (χ3n) is 6.63. The lowest BCUT2D eigenvalue weighted by Gasteiger charge is -2.27. The Morgan fingerprint density at radius 3 is 1.97 bits per heavy atom. The SMILES string of the molecule is C=C=C(CC(C)[C@H](C(C)=O)[C@@H](C)CC)OCC(C)C.CC(=O)[C@H]1CCC(C(C)C)C1. The Bertz CT molecular complexity index is 569. The fourth-order valence-corrected chi connectivity index (χ4v) is 4.48. The third kappa shape index (κ3) is 10.6. The second-order valence-electron chi connectivity index (χ2n) is 10.1. The Hall–Kier alpha value is -1.34. The van der Waals surface area contributed by atoms with Gasteiger partial charge in [-0.05, 0) is 62.7 Å². The summed E-state index contributed by atoms with van der Waals surface area (Å²) in [6.45, 7) is 22.9. The zero-order valence-electron chi connectivity index (χ0n) is 21.2. The van der Waals surface area contributed by atoms with Gasteiger partial charge in [0.1, 0.15) is 17.3 Å². The van der Waals surface area contributed by atoms with Gasteiger partial charge >= 0.3 is 0 Å². The van der Waals surface area contributed by atoms with Gasteiger partial charge in [-0.25, -0.2) is 0 Å². The summed E-state index contributed by atoms with van der Waals surface area (Å²) in [5.41, 5.74) is 2.87. The van der Waals surface area contributed by atoms with Crippen LogP contribution in [0.1, 0.15) is 94.4 Å². The number of carbonyl (C=O) groups is 2. The largest absolute Gasteiger partial charge is 0.490 e. The number of Topliss-reactive ketones (excluding diaryl/α,β-unsaturated/α-hetero) is 2. The van der Waals surface area contributed by atoms with E-state index in [0.717, 1.165) is 43.3 Å². The standard InChI is InChI=1S/C17H30O2.C10H18O/c1-8-13(5)17(15(7)18)14(6)10-16(9-2)19-11-12(3)4;1-7(2)9-4-5-10(6-9)8(3)11/h12-14,17H,2,8,10-11H2,1,3-7H3;7,9-10H,4-6H2,1-3H3/t13-,14?,17+;9?,10-/m00/s1. The summed E-state index contributed by atoms with van der Waals surface area (Å²) < 4.78 is 5.70. The van der Waals surface area contributed by atoms with Gasteiger partial charge in [0.2, 0.25) is 0 Å². The predicted octanol–water partition coefficient (Wildman–Crippen LogP) is 7.25. The molecule has 174 valence electrons. The fraction of sp³-hybridized carbons (Fsp3) is 0.815. The van der Waals surface area contributed by atoms with Crippen LogP contribution in [0.2, 0.25) is 0 Å². The van der Waals surface area contributed by atoms with Crippen molar-refractivity contribution in [3.63, 3.8) is 0 Å². The molecule has 1 saturated carbocycles.